The van der Waals surface area contributed by atoms with Crippen molar-refractivity contribution in [3.8, 4) is 0 Å². The first-order valence-electron chi connectivity index (χ1n) is 7.78. The van der Waals surface area contributed by atoms with Crippen molar-refractivity contribution in [2.24, 2.45) is 0 Å². The Morgan fingerprint density at radius 3 is 2.15 bits per heavy atom. The van der Waals surface area contributed by atoms with E-state index in [1.807, 2.05) is 0 Å². The van der Waals surface area contributed by atoms with E-state index in [0.717, 1.165) is 38.8 Å². The molecular formula is C17H22FNO. The molecule has 2 fully saturated rings. The molecule has 20 heavy (non-hydrogen) atoms. The van der Waals surface area contributed by atoms with Gasteiger partial charge >= 0.3 is 0 Å². The lowest BCUT2D eigenvalue weighted by atomic mass is 9.84. The maximum Gasteiger partial charge on any atom is 0.183 e. The van der Waals surface area contributed by atoms with Gasteiger partial charge in [-0.25, -0.2) is 4.39 Å². The van der Waals surface area contributed by atoms with E-state index in [0.29, 0.717) is 5.56 Å². The molecule has 0 spiro atoms. The minimum absolute atomic E-state index is 0.205. The number of carbonyl (C=O) groups excluding carboxylic acids is 1. The maximum absolute atomic E-state index is 13.1. The second kappa shape index (κ2) is 5.65. The second-order valence-electron chi connectivity index (χ2n) is 6.12. The number of halogens is 1. The Labute approximate surface area is 120 Å². The summed E-state index contributed by atoms with van der Waals surface area (Å²) in [5.74, 6) is -0.0723. The second-order valence-corrected chi connectivity index (χ2v) is 6.12. The number of carbonyl (C=O) groups is 1. The van der Waals surface area contributed by atoms with Gasteiger partial charge in [-0.3, -0.25) is 9.69 Å². The van der Waals surface area contributed by atoms with Gasteiger partial charge in [0.05, 0.1) is 5.54 Å². The van der Waals surface area contributed by atoms with E-state index >= 15 is 0 Å². The number of benzene rings is 1. The molecule has 1 aromatic rings. The lowest BCUT2D eigenvalue weighted by Crippen LogP contribution is -2.54. The summed E-state index contributed by atoms with van der Waals surface area (Å²) in [7, 11) is 0. The number of likely N-dealkylation sites (tertiary alicyclic amines) is 1. The molecule has 0 N–H and O–H groups in total. The van der Waals surface area contributed by atoms with Crippen molar-refractivity contribution in [1.29, 1.82) is 0 Å². The molecule has 108 valence electrons. The van der Waals surface area contributed by atoms with Gasteiger partial charge < -0.3 is 0 Å². The normalized spacial score (nSPS) is 22.9. The molecule has 1 aromatic carbocycles. The zero-order valence-corrected chi connectivity index (χ0v) is 11.9. The Bertz CT molecular complexity index is 470. The molecule has 0 unspecified atom stereocenters. The topological polar surface area (TPSA) is 20.3 Å². The van der Waals surface area contributed by atoms with Crippen LogP contribution in [-0.4, -0.2) is 29.3 Å². The van der Waals surface area contributed by atoms with Crippen LogP contribution in [0.5, 0.6) is 0 Å². The average Bonchev–Trinajstić information content (AvgIpc) is 2.99. The number of piperidine rings is 1. The van der Waals surface area contributed by atoms with Gasteiger partial charge in [0.15, 0.2) is 5.78 Å². The molecule has 0 atom stereocenters. The van der Waals surface area contributed by atoms with Crippen LogP contribution in [0, 0.1) is 5.82 Å². The van der Waals surface area contributed by atoms with Crippen molar-refractivity contribution in [2.75, 3.05) is 13.1 Å². The molecule has 1 aliphatic carbocycles. The summed E-state index contributed by atoms with van der Waals surface area (Å²) < 4.78 is 13.1. The number of ketones is 1. The Kier molecular flexibility index (Phi) is 3.88. The Hall–Kier alpha value is -1.22. The predicted octanol–water partition coefficient (Wildman–Crippen LogP) is 3.81. The van der Waals surface area contributed by atoms with Gasteiger partial charge in [0.25, 0.3) is 0 Å². The molecule has 1 saturated carbocycles. The van der Waals surface area contributed by atoms with Gasteiger partial charge in [0.2, 0.25) is 0 Å². The van der Waals surface area contributed by atoms with Gasteiger partial charge in [-0.15, -0.1) is 0 Å². The highest BCUT2D eigenvalue weighted by atomic mass is 19.1. The van der Waals surface area contributed by atoms with Crippen LogP contribution in [0.3, 0.4) is 0 Å². The third-order valence-electron chi connectivity index (χ3n) is 4.92. The van der Waals surface area contributed by atoms with Crippen molar-refractivity contribution in [1.82, 2.24) is 4.90 Å². The fraction of sp³-hybridized carbons (Fsp3) is 0.588. The number of hydrogen-bond acceptors (Lipinski definition) is 2. The molecule has 1 saturated heterocycles. The van der Waals surface area contributed by atoms with Crippen LogP contribution in [0.25, 0.3) is 0 Å². The van der Waals surface area contributed by atoms with Crippen LogP contribution in [0.4, 0.5) is 4.39 Å². The molecule has 3 heteroatoms. The zero-order valence-electron chi connectivity index (χ0n) is 11.9. The molecule has 2 nitrogen and oxygen atoms in total. The first-order chi connectivity index (χ1) is 9.72. The van der Waals surface area contributed by atoms with E-state index in [2.05, 4.69) is 4.90 Å². The van der Waals surface area contributed by atoms with Gasteiger partial charge in [-0.2, -0.15) is 0 Å². The van der Waals surface area contributed by atoms with Gasteiger partial charge in [0, 0.05) is 5.56 Å². The predicted molar refractivity (Wildman–Crippen MR) is 77.4 cm³/mol. The summed E-state index contributed by atoms with van der Waals surface area (Å²) in [5.41, 5.74) is 0.358. The van der Waals surface area contributed by atoms with Crippen LogP contribution < -0.4 is 0 Å². The minimum Gasteiger partial charge on any atom is -0.292 e. The van der Waals surface area contributed by atoms with Gasteiger partial charge in [0.1, 0.15) is 5.82 Å². The summed E-state index contributed by atoms with van der Waals surface area (Å²) >= 11 is 0. The lowest BCUT2D eigenvalue weighted by Gasteiger charge is -2.42. The summed E-state index contributed by atoms with van der Waals surface area (Å²) in [5, 5.41) is 0. The van der Waals surface area contributed by atoms with E-state index < -0.39 is 0 Å². The fourth-order valence-corrected chi connectivity index (χ4v) is 3.84. The van der Waals surface area contributed by atoms with Crippen molar-refractivity contribution in [3.05, 3.63) is 35.6 Å². The van der Waals surface area contributed by atoms with Crippen molar-refractivity contribution in [3.63, 3.8) is 0 Å². The zero-order chi connectivity index (χ0) is 14.0. The number of hydrogen-bond donors (Lipinski definition) is 0. The van der Waals surface area contributed by atoms with Crippen LogP contribution in [0.1, 0.15) is 55.3 Å². The molecule has 3 rings (SSSR count). The number of nitrogens with zero attached hydrogens (tertiary/aromatic N) is 1. The molecule has 1 aliphatic heterocycles. The highest BCUT2D eigenvalue weighted by Crippen LogP contribution is 2.39. The van der Waals surface area contributed by atoms with Crippen LogP contribution in [-0.2, 0) is 0 Å². The summed E-state index contributed by atoms with van der Waals surface area (Å²) in [4.78, 5) is 15.4. The molecule has 1 heterocycles. The van der Waals surface area contributed by atoms with Crippen LogP contribution in [0.15, 0.2) is 24.3 Å². The van der Waals surface area contributed by atoms with E-state index in [-0.39, 0.29) is 17.1 Å². The molecule has 0 aromatic heterocycles. The van der Waals surface area contributed by atoms with E-state index in [4.69, 9.17) is 0 Å². The first-order valence-corrected chi connectivity index (χ1v) is 7.78. The van der Waals surface area contributed by atoms with E-state index in [1.165, 1.54) is 31.4 Å². The Balaban J connectivity index is 1.89. The first kappa shape index (κ1) is 13.7. The summed E-state index contributed by atoms with van der Waals surface area (Å²) in [6.07, 6.45) is 7.84. The largest absolute Gasteiger partial charge is 0.292 e. The fourth-order valence-electron chi connectivity index (χ4n) is 3.84. The maximum atomic E-state index is 13.1. The smallest absolute Gasteiger partial charge is 0.183 e. The molecule has 0 amide bonds. The summed E-state index contributed by atoms with van der Waals surface area (Å²) in [6.45, 7) is 2.07. The molecular weight excluding hydrogens is 253 g/mol. The standard InChI is InChI=1S/C17H22FNO/c18-15-8-6-14(7-9-15)16(20)17(10-2-3-11-17)19-12-4-1-5-13-19/h6-9H,1-5,10-13H2. The monoisotopic (exact) mass is 275 g/mol. The summed E-state index contributed by atoms with van der Waals surface area (Å²) in [6, 6.07) is 6.07. The lowest BCUT2D eigenvalue weighted by molar-refractivity contribution is 0.0477. The number of rotatable bonds is 3. The average molecular weight is 275 g/mol. The van der Waals surface area contributed by atoms with Crippen molar-refractivity contribution >= 4 is 5.78 Å². The third-order valence-corrected chi connectivity index (χ3v) is 4.92. The highest BCUT2D eigenvalue weighted by Gasteiger charge is 2.46. The number of Topliss-reactive ketones (excluding diaryl/α,β-unsaturated/α-hetero) is 1. The quantitative estimate of drug-likeness (QED) is 0.782. The minimum atomic E-state index is -0.307. The SMILES string of the molecule is O=C(c1ccc(F)cc1)C1(N2CCCCC2)CCCC1. The van der Waals surface area contributed by atoms with Crippen molar-refractivity contribution < 1.29 is 9.18 Å². The van der Waals surface area contributed by atoms with Crippen molar-refractivity contribution in [2.45, 2.75) is 50.5 Å². The third kappa shape index (κ3) is 2.39. The molecule has 2 aliphatic rings. The van der Waals surface area contributed by atoms with Gasteiger partial charge in [-0.05, 0) is 63.0 Å². The highest BCUT2D eigenvalue weighted by molar-refractivity contribution is 6.03. The van der Waals surface area contributed by atoms with Gasteiger partial charge in [-0.1, -0.05) is 19.3 Å². The molecule has 0 radical (unpaired) electrons. The Morgan fingerprint density at radius 2 is 1.55 bits per heavy atom. The van der Waals surface area contributed by atoms with E-state index in [1.54, 1.807) is 12.1 Å². The van der Waals surface area contributed by atoms with Crippen LogP contribution in [0.2, 0.25) is 0 Å². The molecule has 0 bridgehead atoms. The van der Waals surface area contributed by atoms with Crippen LogP contribution >= 0.6 is 0 Å². The Morgan fingerprint density at radius 1 is 0.950 bits per heavy atom. The van der Waals surface area contributed by atoms with E-state index in [9.17, 15) is 9.18 Å².